The van der Waals surface area contributed by atoms with E-state index in [4.69, 9.17) is 0 Å². The van der Waals surface area contributed by atoms with Gasteiger partial charge < -0.3 is 0 Å². The van der Waals surface area contributed by atoms with Crippen molar-refractivity contribution < 1.29 is 8.42 Å². The van der Waals surface area contributed by atoms with Crippen LogP contribution in [0.15, 0.2) is 29.2 Å². The highest BCUT2D eigenvalue weighted by molar-refractivity contribution is 7.89. The van der Waals surface area contributed by atoms with E-state index in [-0.39, 0.29) is 6.04 Å². The second kappa shape index (κ2) is 3.94. The number of sulfonamides is 1. The van der Waals surface area contributed by atoms with Crippen molar-refractivity contribution in [3.05, 3.63) is 29.8 Å². The SMILES string of the molecule is Cc1ccccc1S(=O)(=O)NC1CCC1. The summed E-state index contributed by atoms with van der Waals surface area (Å²) in [4.78, 5) is 0.400. The van der Waals surface area contributed by atoms with Gasteiger partial charge in [0.2, 0.25) is 10.0 Å². The van der Waals surface area contributed by atoms with Gasteiger partial charge in [-0.1, -0.05) is 24.6 Å². The van der Waals surface area contributed by atoms with Gasteiger partial charge in [-0.05, 0) is 31.4 Å². The molecule has 1 N–H and O–H groups in total. The van der Waals surface area contributed by atoms with Crippen LogP contribution in [-0.2, 0) is 10.0 Å². The third-order valence-corrected chi connectivity index (χ3v) is 4.49. The summed E-state index contributed by atoms with van der Waals surface area (Å²) in [5, 5.41) is 0. The summed E-state index contributed by atoms with van der Waals surface area (Å²) >= 11 is 0. The number of hydrogen-bond donors (Lipinski definition) is 1. The van der Waals surface area contributed by atoms with E-state index >= 15 is 0 Å². The molecule has 0 atom stereocenters. The summed E-state index contributed by atoms with van der Waals surface area (Å²) in [7, 11) is -3.30. The molecule has 82 valence electrons. The standard InChI is InChI=1S/C11H15NO2S/c1-9-5-2-3-8-11(9)15(13,14)12-10-6-4-7-10/h2-3,5,8,10,12H,4,6-7H2,1H3. The Morgan fingerprint density at radius 3 is 2.47 bits per heavy atom. The lowest BCUT2D eigenvalue weighted by molar-refractivity contribution is 0.383. The Morgan fingerprint density at radius 1 is 1.27 bits per heavy atom. The highest BCUT2D eigenvalue weighted by atomic mass is 32.2. The summed E-state index contributed by atoms with van der Waals surface area (Å²) in [5.74, 6) is 0. The molecule has 0 aliphatic heterocycles. The first kappa shape index (κ1) is 10.6. The van der Waals surface area contributed by atoms with Crippen LogP contribution >= 0.6 is 0 Å². The first-order valence-electron chi connectivity index (χ1n) is 5.17. The monoisotopic (exact) mass is 225 g/mol. The molecule has 1 aromatic rings. The molecule has 0 unspecified atom stereocenters. The quantitative estimate of drug-likeness (QED) is 0.853. The Balaban J connectivity index is 2.24. The van der Waals surface area contributed by atoms with Crippen LogP contribution in [0, 0.1) is 6.92 Å². The van der Waals surface area contributed by atoms with E-state index in [2.05, 4.69) is 4.72 Å². The second-order valence-corrected chi connectivity index (χ2v) is 5.70. The molecule has 2 rings (SSSR count). The average Bonchev–Trinajstić information content (AvgIpc) is 2.12. The molecule has 3 nitrogen and oxygen atoms in total. The minimum Gasteiger partial charge on any atom is -0.208 e. The number of rotatable bonds is 3. The van der Waals surface area contributed by atoms with Crippen molar-refractivity contribution in [2.24, 2.45) is 0 Å². The smallest absolute Gasteiger partial charge is 0.208 e. The van der Waals surface area contributed by atoms with E-state index in [1.807, 2.05) is 19.1 Å². The van der Waals surface area contributed by atoms with Crippen LogP contribution in [-0.4, -0.2) is 14.5 Å². The third kappa shape index (κ3) is 2.21. The Bertz CT molecular complexity index is 449. The molecule has 0 bridgehead atoms. The van der Waals surface area contributed by atoms with Crippen LogP contribution in [0.1, 0.15) is 24.8 Å². The van der Waals surface area contributed by atoms with E-state index in [1.165, 1.54) is 0 Å². The molecular weight excluding hydrogens is 210 g/mol. The number of hydrogen-bond acceptors (Lipinski definition) is 2. The van der Waals surface area contributed by atoms with E-state index in [0.29, 0.717) is 4.90 Å². The topological polar surface area (TPSA) is 46.2 Å². The molecule has 1 aliphatic carbocycles. The van der Waals surface area contributed by atoms with Gasteiger partial charge in [-0.25, -0.2) is 13.1 Å². The van der Waals surface area contributed by atoms with Crippen LogP contribution in [0.5, 0.6) is 0 Å². The lowest BCUT2D eigenvalue weighted by atomic mass is 9.94. The van der Waals surface area contributed by atoms with Gasteiger partial charge >= 0.3 is 0 Å². The maximum atomic E-state index is 11.9. The van der Waals surface area contributed by atoms with Crippen molar-refractivity contribution in [3.8, 4) is 0 Å². The first-order chi connectivity index (χ1) is 7.09. The highest BCUT2D eigenvalue weighted by Gasteiger charge is 2.25. The molecule has 4 heteroatoms. The average molecular weight is 225 g/mol. The van der Waals surface area contributed by atoms with E-state index in [1.54, 1.807) is 12.1 Å². The minimum atomic E-state index is -3.30. The second-order valence-electron chi connectivity index (χ2n) is 4.01. The van der Waals surface area contributed by atoms with Crippen molar-refractivity contribution in [1.29, 1.82) is 0 Å². The summed E-state index contributed by atoms with van der Waals surface area (Å²) in [6, 6.07) is 7.21. The predicted octanol–water partition coefficient (Wildman–Crippen LogP) is 1.83. The van der Waals surface area contributed by atoms with Gasteiger partial charge in [-0.15, -0.1) is 0 Å². The Labute approximate surface area is 90.6 Å². The van der Waals surface area contributed by atoms with Crippen LogP contribution in [0.2, 0.25) is 0 Å². The largest absolute Gasteiger partial charge is 0.241 e. The zero-order valence-electron chi connectivity index (χ0n) is 8.73. The fourth-order valence-corrected chi connectivity index (χ4v) is 3.22. The Kier molecular flexibility index (Phi) is 2.80. The number of nitrogens with one attached hydrogen (secondary N) is 1. The van der Waals surface area contributed by atoms with E-state index < -0.39 is 10.0 Å². The van der Waals surface area contributed by atoms with Crippen LogP contribution in [0.3, 0.4) is 0 Å². The normalized spacial score (nSPS) is 17.4. The van der Waals surface area contributed by atoms with E-state index in [9.17, 15) is 8.42 Å². The molecule has 0 aromatic heterocycles. The third-order valence-electron chi connectivity index (χ3n) is 2.81. The Hall–Kier alpha value is -0.870. The molecule has 0 amide bonds. The fraction of sp³-hybridized carbons (Fsp3) is 0.455. The number of benzene rings is 1. The Morgan fingerprint density at radius 2 is 1.93 bits per heavy atom. The minimum absolute atomic E-state index is 0.148. The molecule has 15 heavy (non-hydrogen) atoms. The summed E-state index contributed by atoms with van der Waals surface area (Å²) in [6.07, 6.45) is 3.05. The lowest BCUT2D eigenvalue weighted by Crippen LogP contribution is -2.39. The molecule has 1 saturated carbocycles. The molecular formula is C11H15NO2S. The van der Waals surface area contributed by atoms with Crippen molar-refractivity contribution in [2.75, 3.05) is 0 Å². The van der Waals surface area contributed by atoms with Gasteiger partial charge in [0.05, 0.1) is 4.90 Å². The van der Waals surface area contributed by atoms with Gasteiger partial charge in [0.15, 0.2) is 0 Å². The van der Waals surface area contributed by atoms with Gasteiger partial charge in [-0.3, -0.25) is 0 Å². The maximum Gasteiger partial charge on any atom is 0.241 e. The lowest BCUT2D eigenvalue weighted by Gasteiger charge is -2.26. The molecule has 1 aliphatic rings. The maximum absolute atomic E-state index is 11.9. The van der Waals surface area contributed by atoms with Crippen molar-refractivity contribution >= 4 is 10.0 Å². The van der Waals surface area contributed by atoms with Crippen LogP contribution < -0.4 is 4.72 Å². The summed E-state index contributed by atoms with van der Waals surface area (Å²) in [5.41, 5.74) is 0.796. The van der Waals surface area contributed by atoms with Gasteiger partial charge in [0.25, 0.3) is 0 Å². The zero-order chi connectivity index (χ0) is 10.9. The molecule has 1 fully saturated rings. The van der Waals surface area contributed by atoms with Gasteiger partial charge in [-0.2, -0.15) is 0 Å². The fourth-order valence-electron chi connectivity index (χ4n) is 1.67. The molecule has 0 radical (unpaired) electrons. The predicted molar refractivity (Wildman–Crippen MR) is 59.1 cm³/mol. The van der Waals surface area contributed by atoms with Crippen molar-refractivity contribution in [1.82, 2.24) is 4.72 Å². The number of aryl methyl sites for hydroxylation is 1. The highest BCUT2D eigenvalue weighted by Crippen LogP contribution is 2.22. The molecule has 0 heterocycles. The molecule has 0 saturated heterocycles. The zero-order valence-corrected chi connectivity index (χ0v) is 9.55. The van der Waals surface area contributed by atoms with Gasteiger partial charge in [0, 0.05) is 6.04 Å². The van der Waals surface area contributed by atoms with Crippen molar-refractivity contribution in [3.63, 3.8) is 0 Å². The van der Waals surface area contributed by atoms with E-state index in [0.717, 1.165) is 24.8 Å². The van der Waals surface area contributed by atoms with Crippen LogP contribution in [0.25, 0.3) is 0 Å². The first-order valence-corrected chi connectivity index (χ1v) is 6.66. The van der Waals surface area contributed by atoms with Crippen LogP contribution in [0.4, 0.5) is 0 Å². The molecule has 1 aromatic carbocycles. The van der Waals surface area contributed by atoms with Gasteiger partial charge in [0.1, 0.15) is 0 Å². The van der Waals surface area contributed by atoms with Crippen molar-refractivity contribution in [2.45, 2.75) is 37.1 Å². The molecule has 0 spiro atoms. The summed E-state index contributed by atoms with van der Waals surface area (Å²) in [6.45, 7) is 1.81. The summed E-state index contributed by atoms with van der Waals surface area (Å²) < 4.78 is 26.6.